The zero-order chi connectivity index (χ0) is 19.5. The molecule has 1 heterocycles. The number of hydrogen-bond donors (Lipinski definition) is 1. The lowest BCUT2D eigenvalue weighted by Crippen LogP contribution is -2.01. The van der Waals surface area contributed by atoms with Crippen LogP contribution in [0.3, 0.4) is 0 Å². The second-order valence-corrected chi connectivity index (χ2v) is 9.00. The summed E-state index contributed by atoms with van der Waals surface area (Å²) in [6, 6.07) is 25.6. The first-order valence-electron chi connectivity index (χ1n) is 9.31. The van der Waals surface area contributed by atoms with Crippen molar-refractivity contribution in [3.05, 3.63) is 93.1 Å². The van der Waals surface area contributed by atoms with Crippen LogP contribution in [0.2, 0.25) is 0 Å². The van der Waals surface area contributed by atoms with Crippen molar-refractivity contribution in [1.29, 1.82) is 0 Å². The van der Waals surface area contributed by atoms with Gasteiger partial charge in [0.05, 0.1) is 10.5 Å². The summed E-state index contributed by atoms with van der Waals surface area (Å²) in [6.07, 6.45) is 4.20. The largest absolute Gasteiger partial charge is 0.507 e. The Kier molecular flexibility index (Phi) is 5.97. The fraction of sp³-hybridized carbons (Fsp3) is 0.167. The van der Waals surface area contributed by atoms with Crippen molar-refractivity contribution >= 4 is 45.3 Å². The van der Waals surface area contributed by atoms with E-state index in [1.165, 1.54) is 21.7 Å². The number of aryl methyl sites for hydroxylation is 2. The van der Waals surface area contributed by atoms with E-state index < -0.39 is 0 Å². The van der Waals surface area contributed by atoms with Crippen LogP contribution in [0.5, 0.6) is 5.75 Å². The summed E-state index contributed by atoms with van der Waals surface area (Å²) in [5.41, 5.74) is 5.10. The van der Waals surface area contributed by atoms with Crippen LogP contribution in [-0.2, 0) is 19.4 Å². The Hall–Kier alpha value is -1.92. The maximum absolute atomic E-state index is 10.3. The van der Waals surface area contributed by atoms with Gasteiger partial charge in [0.2, 0.25) is 0 Å². The average molecular weight is 499 g/mol. The third-order valence-corrected chi connectivity index (χ3v) is 6.42. The van der Waals surface area contributed by atoms with E-state index in [0.717, 1.165) is 33.9 Å². The van der Waals surface area contributed by atoms with Crippen molar-refractivity contribution in [2.75, 3.05) is 6.26 Å². The Morgan fingerprint density at radius 3 is 2.18 bits per heavy atom. The Morgan fingerprint density at radius 1 is 0.857 bits per heavy atom. The van der Waals surface area contributed by atoms with E-state index in [9.17, 15) is 5.11 Å². The highest BCUT2D eigenvalue weighted by atomic mass is 127. The van der Waals surface area contributed by atoms with Gasteiger partial charge < -0.3 is 9.67 Å². The van der Waals surface area contributed by atoms with Gasteiger partial charge >= 0.3 is 0 Å². The van der Waals surface area contributed by atoms with Crippen molar-refractivity contribution in [2.45, 2.75) is 24.4 Å². The minimum Gasteiger partial charge on any atom is -0.507 e. The molecule has 4 heteroatoms. The first-order valence-corrected chi connectivity index (χ1v) is 11.6. The second-order valence-electron chi connectivity index (χ2n) is 6.93. The molecule has 0 fully saturated rings. The number of thioether (sulfide) groups is 1. The summed E-state index contributed by atoms with van der Waals surface area (Å²) in [4.78, 5) is 0. The molecule has 142 valence electrons. The van der Waals surface area contributed by atoms with E-state index >= 15 is 0 Å². The molecule has 3 aromatic carbocycles. The molecule has 1 aromatic heterocycles. The molecule has 0 amide bonds. The molecule has 0 atom stereocenters. The highest BCUT2D eigenvalue weighted by Crippen LogP contribution is 2.34. The molecule has 0 aliphatic rings. The number of rotatable bonds is 6. The molecule has 4 aromatic rings. The van der Waals surface area contributed by atoms with Crippen molar-refractivity contribution in [3.8, 4) is 5.75 Å². The summed E-state index contributed by atoms with van der Waals surface area (Å²) >= 11 is 3.97. The third-order valence-electron chi connectivity index (χ3n) is 5.04. The monoisotopic (exact) mass is 499 g/mol. The SMILES string of the molecule is CSc1cc2c(O)cc(I)cc2n1Cc1ccc(CCc2ccccc2)cc1. The number of aromatic nitrogens is 1. The Morgan fingerprint density at radius 2 is 1.50 bits per heavy atom. The van der Waals surface area contributed by atoms with Crippen LogP contribution in [0.15, 0.2) is 77.8 Å². The number of halogens is 1. The van der Waals surface area contributed by atoms with Gasteiger partial charge in [0.1, 0.15) is 5.75 Å². The zero-order valence-corrected chi connectivity index (χ0v) is 18.7. The van der Waals surface area contributed by atoms with Gasteiger partial charge in [0.15, 0.2) is 0 Å². The quantitative estimate of drug-likeness (QED) is 0.242. The lowest BCUT2D eigenvalue weighted by atomic mass is 10.0. The van der Waals surface area contributed by atoms with Crippen LogP contribution >= 0.6 is 34.4 Å². The van der Waals surface area contributed by atoms with Crippen LogP contribution in [0.1, 0.15) is 16.7 Å². The fourth-order valence-electron chi connectivity index (χ4n) is 3.54. The fourth-order valence-corrected chi connectivity index (χ4v) is 4.75. The molecule has 0 saturated carbocycles. The number of phenolic OH excluding ortho intramolecular Hbond substituents is 1. The smallest absolute Gasteiger partial charge is 0.126 e. The van der Waals surface area contributed by atoms with Crippen molar-refractivity contribution < 1.29 is 5.11 Å². The van der Waals surface area contributed by atoms with Crippen LogP contribution in [-0.4, -0.2) is 15.9 Å². The highest BCUT2D eigenvalue weighted by Gasteiger charge is 2.13. The predicted molar refractivity (Wildman–Crippen MR) is 127 cm³/mol. The summed E-state index contributed by atoms with van der Waals surface area (Å²) in [5.74, 6) is 0.354. The summed E-state index contributed by atoms with van der Waals surface area (Å²) in [5, 5.41) is 12.4. The van der Waals surface area contributed by atoms with E-state index in [1.807, 2.05) is 6.07 Å². The van der Waals surface area contributed by atoms with Crippen molar-refractivity contribution in [3.63, 3.8) is 0 Å². The van der Waals surface area contributed by atoms with Crippen LogP contribution < -0.4 is 0 Å². The molecular formula is C24H22INOS. The Balaban J connectivity index is 1.54. The van der Waals surface area contributed by atoms with Gasteiger partial charge in [-0.3, -0.25) is 0 Å². The van der Waals surface area contributed by atoms with Crippen LogP contribution in [0, 0.1) is 3.57 Å². The first-order chi connectivity index (χ1) is 13.6. The predicted octanol–water partition coefficient (Wildman–Crippen LogP) is 6.51. The molecule has 28 heavy (non-hydrogen) atoms. The molecule has 0 aliphatic carbocycles. The molecule has 0 bridgehead atoms. The number of hydrogen-bond acceptors (Lipinski definition) is 2. The summed E-state index contributed by atoms with van der Waals surface area (Å²) < 4.78 is 3.34. The standard InChI is InChI=1S/C24H22INOS/c1-28-24-15-21-22(13-20(25)14-23(21)27)26(24)16-19-11-9-18(10-12-19)8-7-17-5-3-2-4-6-17/h2-6,9-15,27H,7-8,16H2,1H3. The van der Waals surface area contributed by atoms with Gasteiger partial charge in [-0.1, -0.05) is 54.6 Å². The average Bonchev–Trinajstić information content (AvgIpc) is 3.06. The molecule has 0 unspecified atom stereocenters. The number of fused-ring (bicyclic) bond motifs is 1. The van der Waals surface area contributed by atoms with E-state index in [4.69, 9.17) is 0 Å². The van der Waals surface area contributed by atoms with Gasteiger partial charge in [-0.15, -0.1) is 11.8 Å². The van der Waals surface area contributed by atoms with Gasteiger partial charge in [-0.05, 0) is 76.6 Å². The van der Waals surface area contributed by atoms with Gasteiger partial charge in [-0.2, -0.15) is 0 Å². The minimum absolute atomic E-state index is 0.354. The lowest BCUT2D eigenvalue weighted by molar-refractivity contribution is 0.481. The maximum Gasteiger partial charge on any atom is 0.126 e. The molecule has 1 N–H and O–H groups in total. The van der Waals surface area contributed by atoms with Crippen LogP contribution in [0.25, 0.3) is 10.9 Å². The molecule has 2 nitrogen and oxygen atoms in total. The van der Waals surface area contributed by atoms with E-state index in [0.29, 0.717) is 5.75 Å². The van der Waals surface area contributed by atoms with Crippen LogP contribution in [0.4, 0.5) is 0 Å². The van der Waals surface area contributed by atoms with Gasteiger partial charge in [0.25, 0.3) is 0 Å². The van der Waals surface area contributed by atoms with E-state index in [1.54, 1.807) is 11.8 Å². The summed E-state index contributed by atoms with van der Waals surface area (Å²) in [7, 11) is 0. The molecule has 0 saturated heterocycles. The van der Waals surface area contributed by atoms with E-state index in [-0.39, 0.29) is 0 Å². The number of nitrogens with zero attached hydrogens (tertiary/aromatic N) is 1. The Labute approximate surface area is 183 Å². The number of aromatic hydroxyl groups is 1. The molecular weight excluding hydrogens is 477 g/mol. The normalized spacial score (nSPS) is 11.2. The summed E-state index contributed by atoms with van der Waals surface area (Å²) in [6.45, 7) is 0.804. The minimum atomic E-state index is 0.354. The second kappa shape index (κ2) is 8.62. The van der Waals surface area contributed by atoms with E-state index in [2.05, 4.69) is 100 Å². The number of benzene rings is 3. The molecule has 0 spiro atoms. The van der Waals surface area contributed by atoms with Crippen molar-refractivity contribution in [2.24, 2.45) is 0 Å². The third kappa shape index (κ3) is 4.23. The molecule has 0 aliphatic heterocycles. The maximum atomic E-state index is 10.3. The topological polar surface area (TPSA) is 25.2 Å². The molecule has 0 radical (unpaired) electrons. The molecule has 4 rings (SSSR count). The Bertz CT molecular complexity index is 1090. The highest BCUT2D eigenvalue weighted by molar-refractivity contribution is 14.1. The van der Waals surface area contributed by atoms with Crippen molar-refractivity contribution in [1.82, 2.24) is 4.57 Å². The number of phenols is 1. The van der Waals surface area contributed by atoms with Gasteiger partial charge in [-0.25, -0.2) is 0 Å². The zero-order valence-electron chi connectivity index (χ0n) is 15.7. The van der Waals surface area contributed by atoms with Gasteiger partial charge in [0, 0.05) is 15.5 Å². The first kappa shape index (κ1) is 19.4. The lowest BCUT2D eigenvalue weighted by Gasteiger charge is -2.11.